The van der Waals surface area contributed by atoms with Gasteiger partial charge in [0.15, 0.2) is 11.6 Å². The molecule has 6 nitrogen and oxygen atoms in total. The molecule has 15 heavy (non-hydrogen) atoms. The Balaban J connectivity index is 2.63. The summed E-state index contributed by atoms with van der Waals surface area (Å²) in [5, 5.41) is 18.1. The van der Waals surface area contributed by atoms with Gasteiger partial charge >= 0.3 is 6.16 Å². The first-order valence-electron chi connectivity index (χ1n) is 4.30. The van der Waals surface area contributed by atoms with E-state index < -0.39 is 17.6 Å². The zero-order valence-electron chi connectivity index (χ0n) is 8.70. The molecule has 0 bridgehead atoms. The predicted octanol–water partition coefficient (Wildman–Crippen LogP) is 1.74. The Hall–Kier alpha value is -1.85. The Morgan fingerprint density at radius 3 is 2.40 bits per heavy atom. The molecule has 0 spiro atoms. The second-order valence-corrected chi connectivity index (χ2v) is 3.93. The van der Waals surface area contributed by atoms with Gasteiger partial charge in [0, 0.05) is 6.07 Å². The maximum Gasteiger partial charge on any atom is 0.514 e. The van der Waals surface area contributed by atoms with E-state index in [2.05, 4.69) is 9.72 Å². The summed E-state index contributed by atoms with van der Waals surface area (Å²) in [4.78, 5) is 13.3. The Kier molecular flexibility index (Phi) is 2.78. The van der Waals surface area contributed by atoms with Crippen LogP contribution in [-0.4, -0.2) is 27.0 Å². The fraction of sp³-hybridized carbons (Fsp3) is 0.444. The fourth-order valence-corrected chi connectivity index (χ4v) is 0.850. The van der Waals surface area contributed by atoms with Crippen LogP contribution in [0, 0.1) is 0 Å². The lowest BCUT2D eigenvalue weighted by atomic mass is 10.2. The Labute approximate surface area is 86.4 Å². The molecule has 84 valence electrons. The zero-order chi connectivity index (χ0) is 11.6. The number of rotatable bonds is 1. The largest absolute Gasteiger partial charge is 0.514 e. The first kappa shape index (κ1) is 11.2. The second kappa shape index (κ2) is 3.72. The van der Waals surface area contributed by atoms with Gasteiger partial charge in [0.2, 0.25) is 5.88 Å². The van der Waals surface area contributed by atoms with E-state index in [1.807, 2.05) is 0 Å². The number of carbonyl (C=O) groups excluding carboxylic acids is 1. The van der Waals surface area contributed by atoms with Crippen LogP contribution < -0.4 is 4.74 Å². The minimum absolute atomic E-state index is 0.179. The molecule has 1 heterocycles. The highest BCUT2D eigenvalue weighted by Crippen LogP contribution is 2.29. The number of aromatic nitrogens is 1. The van der Waals surface area contributed by atoms with Gasteiger partial charge in [0.1, 0.15) is 5.60 Å². The topological polar surface area (TPSA) is 91.8 Å². The Morgan fingerprint density at radius 1 is 1.40 bits per heavy atom. The number of hydrogen-bond acceptors (Lipinski definition) is 5. The van der Waals surface area contributed by atoms with Gasteiger partial charge in [0.05, 0.1) is 0 Å². The summed E-state index contributed by atoms with van der Waals surface area (Å²) in [6, 6.07) is 1.07. The van der Waals surface area contributed by atoms with Crippen molar-refractivity contribution in [2.24, 2.45) is 0 Å². The zero-order valence-corrected chi connectivity index (χ0v) is 8.70. The lowest BCUT2D eigenvalue weighted by molar-refractivity contribution is 0.0201. The van der Waals surface area contributed by atoms with Crippen LogP contribution in [0.4, 0.5) is 4.79 Å². The lowest BCUT2D eigenvalue weighted by Crippen LogP contribution is -2.25. The van der Waals surface area contributed by atoms with Crippen LogP contribution in [0.3, 0.4) is 0 Å². The normalized spacial score (nSPS) is 11.1. The molecule has 0 saturated carbocycles. The van der Waals surface area contributed by atoms with Crippen molar-refractivity contribution in [3.05, 3.63) is 6.07 Å². The van der Waals surface area contributed by atoms with Crippen LogP contribution in [0.2, 0.25) is 0 Å². The smallest absolute Gasteiger partial charge is 0.494 e. The molecule has 0 aliphatic carbocycles. The molecule has 6 heteroatoms. The molecule has 0 aromatic carbocycles. The van der Waals surface area contributed by atoms with Gasteiger partial charge in [-0.1, -0.05) is 0 Å². The average molecular weight is 215 g/mol. The van der Waals surface area contributed by atoms with Crippen molar-refractivity contribution in [2.75, 3.05) is 0 Å². The van der Waals surface area contributed by atoms with Gasteiger partial charge in [-0.15, -0.1) is 0 Å². The van der Waals surface area contributed by atoms with Crippen LogP contribution in [0.5, 0.6) is 17.5 Å². The number of hydrogen-bond donors (Lipinski definition) is 3. The highest BCUT2D eigenvalue weighted by molar-refractivity contribution is 5.65. The first-order valence-corrected chi connectivity index (χ1v) is 4.30. The minimum atomic E-state index is -0.947. The SMILES string of the molecule is CC(C)(C)OC(=O)Oc1cc(O)[nH]c1O. The number of H-pyrrole nitrogens is 1. The summed E-state index contributed by atoms with van der Waals surface area (Å²) in [6.45, 7) is 5.05. The number of nitrogens with one attached hydrogen (secondary N) is 1. The maximum absolute atomic E-state index is 11.1. The number of aromatic hydroxyl groups is 2. The molecule has 0 aliphatic heterocycles. The van der Waals surface area contributed by atoms with Gasteiger partial charge in [-0.2, -0.15) is 0 Å². The minimum Gasteiger partial charge on any atom is -0.494 e. The molecule has 0 fully saturated rings. The van der Waals surface area contributed by atoms with E-state index in [1.54, 1.807) is 20.8 Å². The first-order chi connectivity index (χ1) is 6.78. The quantitative estimate of drug-likeness (QED) is 0.620. The molecule has 0 aliphatic rings. The van der Waals surface area contributed by atoms with E-state index in [0.717, 1.165) is 6.07 Å². The van der Waals surface area contributed by atoms with Gasteiger partial charge in [-0.05, 0) is 20.8 Å². The molecule has 1 aromatic rings. The van der Waals surface area contributed by atoms with E-state index in [9.17, 15) is 4.79 Å². The molecule has 0 atom stereocenters. The highest BCUT2D eigenvalue weighted by atomic mass is 16.7. The third-order valence-corrected chi connectivity index (χ3v) is 1.33. The number of ether oxygens (including phenoxy) is 2. The molecule has 3 N–H and O–H groups in total. The van der Waals surface area contributed by atoms with E-state index in [4.69, 9.17) is 14.9 Å². The average Bonchev–Trinajstić information content (AvgIpc) is 2.25. The monoisotopic (exact) mass is 215 g/mol. The van der Waals surface area contributed by atoms with Crippen LogP contribution in [-0.2, 0) is 4.74 Å². The lowest BCUT2D eigenvalue weighted by Gasteiger charge is -2.18. The summed E-state index contributed by atoms with van der Waals surface area (Å²) >= 11 is 0. The number of carbonyl (C=O) groups is 1. The van der Waals surface area contributed by atoms with Crippen LogP contribution >= 0.6 is 0 Å². The van der Waals surface area contributed by atoms with Crippen molar-refractivity contribution in [1.29, 1.82) is 0 Å². The van der Waals surface area contributed by atoms with Crippen LogP contribution in [0.1, 0.15) is 20.8 Å². The number of aromatic amines is 1. The van der Waals surface area contributed by atoms with Crippen LogP contribution in [0.15, 0.2) is 6.07 Å². The van der Waals surface area contributed by atoms with Crippen molar-refractivity contribution >= 4 is 6.16 Å². The van der Waals surface area contributed by atoms with Crippen molar-refractivity contribution in [1.82, 2.24) is 4.98 Å². The van der Waals surface area contributed by atoms with E-state index in [-0.39, 0.29) is 11.6 Å². The van der Waals surface area contributed by atoms with Crippen molar-refractivity contribution in [3.8, 4) is 17.5 Å². The van der Waals surface area contributed by atoms with Crippen molar-refractivity contribution in [3.63, 3.8) is 0 Å². The molecule has 0 saturated heterocycles. The summed E-state index contributed by atoms with van der Waals surface area (Å²) in [5.74, 6) is -0.911. The van der Waals surface area contributed by atoms with E-state index in [1.165, 1.54) is 0 Å². The van der Waals surface area contributed by atoms with Gasteiger partial charge in [-0.3, -0.25) is 4.98 Å². The molecule has 1 aromatic heterocycles. The van der Waals surface area contributed by atoms with Gasteiger partial charge in [-0.25, -0.2) is 4.79 Å². The summed E-state index contributed by atoms with van der Waals surface area (Å²) < 4.78 is 9.48. The van der Waals surface area contributed by atoms with E-state index in [0.29, 0.717) is 0 Å². The van der Waals surface area contributed by atoms with Crippen molar-refractivity contribution in [2.45, 2.75) is 26.4 Å². The molecular formula is C9H13NO5. The maximum atomic E-state index is 11.1. The molecule has 1 rings (SSSR count). The summed E-state index contributed by atoms with van der Waals surface area (Å²) in [6.07, 6.45) is -0.947. The Morgan fingerprint density at radius 2 is 2.00 bits per heavy atom. The fourth-order valence-electron chi connectivity index (χ4n) is 0.850. The van der Waals surface area contributed by atoms with E-state index >= 15 is 0 Å². The third-order valence-electron chi connectivity index (χ3n) is 1.33. The molecule has 0 amide bonds. The summed E-state index contributed by atoms with van der Waals surface area (Å²) in [7, 11) is 0. The highest BCUT2D eigenvalue weighted by Gasteiger charge is 2.20. The molecule has 0 radical (unpaired) electrons. The summed E-state index contributed by atoms with van der Waals surface area (Å²) in [5.41, 5.74) is -0.676. The standard InChI is InChI=1S/C9H13NO5/c1-9(2,3)15-8(13)14-5-4-6(11)10-7(5)12/h4,10-12H,1-3H3. The van der Waals surface area contributed by atoms with Crippen LogP contribution in [0.25, 0.3) is 0 Å². The van der Waals surface area contributed by atoms with Gasteiger partial charge < -0.3 is 19.7 Å². The molecule has 0 unspecified atom stereocenters. The van der Waals surface area contributed by atoms with Crippen molar-refractivity contribution < 1.29 is 24.5 Å². The van der Waals surface area contributed by atoms with Gasteiger partial charge in [0.25, 0.3) is 0 Å². The third kappa shape index (κ3) is 3.41. The predicted molar refractivity (Wildman–Crippen MR) is 51.0 cm³/mol. The second-order valence-electron chi connectivity index (χ2n) is 3.93. The Bertz CT molecular complexity index is 363. The molecular weight excluding hydrogens is 202 g/mol.